The Balaban J connectivity index is 2.11. The molecule has 2 aromatic carbocycles. The molecule has 0 aliphatic heterocycles. The highest BCUT2D eigenvalue weighted by molar-refractivity contribution is 5.35. The van der Waals surface area contributed by atoms with Crippen LogP contribution in [0.3, 0.4) is 0 Å². The molecule has 0 saturated carbocycles. The summed E-state index contributed by atoms with van der Waals surface area (Å²) in [6, 6.07) is 19.2. The topological polar surface area (TPSA) is 21.3 Å². The molecule has 0 fully saturated rings. The van der Waals surface area contributed by atoms with Crippen LogP contribution in [0.25, 0.3) is 0 Å². The number of para-hydroxylation sites is 1. The second kappa shape index (κ2) is 6.39. The molecule has 0 aromatic heterocycles. The quantitative estimate of drug-likeness (QED) is 0.868. The van der Waals surface area contributed by atoms with Crippen LogP contribution < -0.4 is 10.1 Å². The Labute approximate surface area is 115 Å². The van der Waals surface area contributed by atoms with Gasteiger partial charge < -0.3 is 10.1 Å². The zero-order valence-corrected chi connectivity index (χ0v) is 11.8. The van der Waals surface area contributed by atoms with Gasteiger partial charge in [0.2, 0.25) is 0 Å². The average Bonchev–Trinajstić information content (AvgIpc) is 2.48. The van der Waals surface area contributed by atoms with E-state index in [0.717, 1.165) is 5.75 Å². The first-order valence-corrected chi connectivity index (χ1v) is 6.66. The second-order valence-corrected chi connectivity index (χ2v) is 4.76. The summed E-state index contributed by atoms with van der Waals surface area (Å²) in [5, 5.41) is 3.61. The Hall–Kier alpha value is -1.80. The lowest BCUT2D eigenvalue weighted by atomic mass is 10.0. The zero-order valence-electron chi connectivity index (χ0n) is 11.8. The highest BCUT2D eigenvalue weighted by Crippen LogP contribution is 2.26. The van der Waals surface area contributed by atoms with E-state index in [9.17, 15) is 0 Å². The molecule has 19 heavy (non-hydrogen) atoms. The van der Waals surface area contributed by atoms with Crippen molar-refractivity contribution in [1.29, 1.82) is 0 Å². The van der Waals surface area contributed by atoms with Gasteiger partial charge in [-0.2, -0.15) is 0 Å². The molecule has 2 nitrogen and oxygen atoms in total. The summed E-state index contributed by atoms with van der Waals surface area (Å²) >= 11 is 0. The fraction of sp³-hybridized carbons (Fsp3) is 0.294. The minimum absolute atomic E-state index is 0.242. The van der Waals surface area contributed by atoms with Crippen LogP contribution in [0, 0.1) is 0 Å². The number of methoxy groups -OCH3 is 1. The van der Waals surface area contributed by atoms with Gasteiger partial charge in [-0.25, -0.2) is 0 Å². The molecule has 100 valence electrons. The second-order valence-electron chi connectivity index (χ2n) is 4.76. The van der Waals surface area contributed by atoms with Crippen molar-refractivity contribution < 1.29 is 4.74 Å². The van der Waals surface area contributed by atoms with Crippen molar-refractivity contribution in [1.82, 2.24) is 5.32 Å². The van der Waals surface area contributed by atoms with Crippen LogP contribution in [-0.4, -0.2) is 7.11 Å². The summed E-state index contributed by atoms with van der Waals surface area (Å²) in [4.78, 5) is 0. The number of ether oxygens (including phenoxy) is 1. The summed E-state index contributed by atoms with van der Waals surface area (Å²) in [5.74, 6) is 0.933. The predicted octanol–water partition coefficient (Wildman–Crippen LogP) is 4.11. The molecule has 0 aliphatic rings. The molecular weight excluding hydrogens is 234 g/mol. The van der Waals surface area contributed by atoms with Crippen LogP contribution in [0.2, 0.25) is 0 Å². The van der Waals surface area contributed by atoms with Crippen LogP contribution in [0.5, 0.6) is 5.75 Å². The first kappa shape index (κ1) is 13.6. The van der Waals surface area contributed by atoms with Crippen molar-refractivity contribution in [3.05, 3.63) is 65.7 Å². The molecule has 2 atom stereocenters. The molecule has 2 aromatic rings. The van der Waals surface area contributed by atoms with Gasteiger partial charge in [0, 0.05) is 17.6 Å². The van der Waals surface area contributed by atoms with E-state index in [1.165, 1.54) is 11.1 Å². The molecule has 0 saturated heterocycles. The highest BCUT2D eigenvalue weighted by Gasteiger charge is 2.13. The molecule has 2 rings (SSSR count). The zero-order chi connectivity index (χ0) is 13.7. The van der Waals surface area contributed by atoms with Gasteiger partial charge in [0.25, 0.3) is 0 Å². The van der Waals surface area contributed by atoms with E-state index in [1.807, 2.05) is 24.3 Å². The summed E-state index contributed by atoms with van der Waals surface area (Å²) in [5.41, 5.74) is 2.48. The van der Waals surface area contributed by atoms with Crippen LogP contribution in [-0.2, 0) is 0 Å². The van der Waals surface area contributed by atoms with Gasteiger partial charge in [0.05, 0.1) is 7.11 Å². The van der Waals surface area contributed by atoms with Gasteiger partial charge >= 0.3 is 0 Å². The van der Waals surface area contributed by atoms with E-state index < -0.39 is 0 Å². The van der Waals surface area contributed by atoms with Gasteiger partial charge in [-0.05, 0) is 25.5 Å². The lowest BCUT2D eigenvalue weighted by Gasteiger charge is -2.22. The lowest BCUT2D eigenvalue weighted by molar-refractivity contribution is 0.396. The SMILES string of the molecule is COc1ccccc1C(C)N[C@@H](C)c1ccccc1. The van der Waals surface area contributed by atoms with Crippen molar-refractivity contribution >= 4 is 0 Å². The van der Waals surface area contributed by atoms with Crippen molar-refractivity contribution in [3.63, 3.8) is 0 Å². The van der Waals surface area contributed by atoms with Crippen LogP contribution >= 0.6 is 0 Å². The molecule has 0 spiro atoms. The third-order valence-electron chi connectivity index (χ3n) is 3.41. The van der Waals surface area contributed by atoms with Crippen LogP contribution in [0.15, 0.2) is 54.6 Å². The lowest BCUT2D eigenvalue weighted by Crippen LogP contribution is -2.22. The molecule has 1 unspecified atom stereocenters. The van der Waals surface area contributed by atoms with Crippen molar-refractivity contribution in [3.8, 4) is 5.75 Å². The van der Waals surface area contributed by atoms with Crippen molar-refractivity contribution in [2.75, 3.05) is 7.11 Å². The van der Waals surface area contributed by atoms with Gasteiger partial charge in [-0.1, -0.05) is 48.5 Å². The molecule has 0 heterocycles. The maximum absolute atomic E-state index is 5.41. The van der Waals surface area contributed by atoms with E-state index in [0.29, 0.717) is 6.04 Å². The third-order valence-corrected chi connectivity index (χ3v) is 3.41. The first-order valence-electron chi connectivity index (χ1n) is 6.66. The number of hydrogen-bond acceptors (Lipinski definition) is 2. The fourth-order valence-electron chi connectivity index (χ4n) is 2.33. The van der Waals surface area contributed by atoms with E-state index in [2.05, 4.69) is 49.5 Å². The number of benzene rings is 2. The summed E-state index contributed by atoms with van der Waals surface area (Å²) in [6.07, 6.45) is 0. The Kier molecular flexibility index (Phi) is 4.58. The molecule has 2 heteroatoms. The van der Waals surface area contributed by atoms with E-state index in [4.69, 9.17) is 4.74 Å². The monoisotopic (exact) mass is 255 g/mol. The fourth-order valence-corrected chi connectivity index (χ4v) is 2.33. The molecule has 0 aliphatic carbocycles. The van der Waals surface area contributed by atoms with Gasteiger partial charge in [-0.15, -0.1) is 0 Å². The predicted molar refractivity (Wildman–Crippen MR) is 79.4 cm³/mol. The van der Waals surface area contributed by atoms with Crippen LogP contribution in [0.4, 0.5) is 0 Å². The minimum Gasteiger partial charge on any atom is -0.496 e. The first-order chi connectivity index (χ1) is 9.22. The molecule has 0 bridgehead atoms. The van der Waals surface area contributed by atoms with Gasteiger partial charge in [0.1, 0.15) is 5.75 Å². The third kappa shape index (κ3) is 3.36. The van der Waals surface area contributed by atoms with Crippen LogP contribution in [0.1, 0.15) is 37.1 Å². The Morgan fingerprint density at radius 3 is 2.16 bits per heavy atom. The van der Waals surface area contributed by atoms with Gasteiger partial charge in [-0.3, -0.25) is 0 Å². The maximum atomic E-state index is 5.41. The molecule has 0 amide bonds. The molecule has 0 radical (unpaired) electrons. The highest BCUT2D eigenvalue weighted by atomic mass is 16.5. The smallest absolute Gasteiger partial charge is 0.123 e. The van der Waals surface area contributed by atoms with E-state index in [1.54, 1.807) is 7.11 Å². The number of hydrogen-bond donors (Lipinski definition) is 1. The van der Waals surface area contributed by atoms with Crippen molar-refractivity contribution in [2.45, 2.75) is 25.9 Å². The normalized spacial score (nSPS) is 13.8. The number of nitrogens with one attached hydrogen (secondary N) is 1. The standard InChI is InChI=1S/C17H21NO/c1-13(15-9-5-4-6-10-15)18-14(2)16-11-7-8-12-17(16)19-3/h4-14,18H,1-3H3/t13-,14?/m0/s1. The maximum Gasteiger partial charge on any atom is 0.123 e. The number of rotatable bonds is 5. The summed E-state index contributed by atoms with van der Waals surface area (Å²) in [7, 11) is 1.71. The summed E-state index contributed by atoms with van der Waals surface area (Å²) in [6.45, 7) is 4.35. The summed E-state index contributed by atoms with van der Waals surface area (Å²) < 4.78 is 5.41. The minimum atomic E-state index is 0.242. The Bertz CT molecular complexity index is 510. The largest absolute Gasteiger partial charge is 0.496 e. The Morgan fingerprint density at radius 2 is 1.47 bits per heavy atom. The molecular formula is C17H21NO. The molecule has 1 N–H and O–H groups in total. The van der Waals surface area contributed by atoms with Gasteiger partial charge in [0.15, 0.2) is 0 Å². The van der Waals surface area contributed by atoms with E-state index in [-0.39, 0.29) is 6.04 Å². The van der Waals surface area contributed by atoms with Crippen molar-refractivity contribution in [2.24, 2.45) is 0 Å². The average molecular weight is 255 g/mol. The Morgan fingerprint density at radius 1 is 0.842 bits per heavy atom. The van der Waals surface area contributed by atoms with E-state index >= 15 is 0 Å².